The number of halogens is 1. The average molecular weight is 241 g/mol. The Morgan fingerprint density at radius 1 is 1.62 bits per heavy atom. The van der Waals surface area contributed by atoms with Crippen LogP contribution in [0.2, 0.25) is 5.02 Å². The summed E-state index contributed by atoms with van der Waals surface area (Å²) in [6.07, 6.45) is 0. The monoisotopic (exact) mass is 240 g/mol. The molecule has 0 aliphatic heterocycles. The SMILES string of the molecule is [N-]=[N+]=NCC(=O)c1ccc(Cl)c([N+](=O)[O-])c1. The van der Waals surface area contributed by atoms with Gasteiger partial charge in [-0.15, -0.1) is 0 Å². The highest BCUT2D eigenvalue weighted by Crippen LogP contribution is 2.25. The third kappa shape index (κ3) is 2.69. The van der Waals surface area contributed by atoms with E-state index in [9.17, 15) is 14.9 Å². The van der Waals surface area contributed by atoms with Crippen LogP contribution in [0.15, 0.2) is 23.3 Å². The van der Waals surface area contributed by atoms with E-state index < -0.39 is 10.7 Å². The number of ketones is 1. The van der Waals surface area contributed by atoms with Crippen LogP contribution < -0.4 is 0 Å². The van der Waals surface area contributed by atoms with E-state index in [0.717, 1.165) is 6.07 Å². The molecule has 0 fully saturated rings. The lowest BCUT2D eigenvalue weighted by atomic mass is 10.1. The molecule has 0 saturated heterocycles. The van der Waals surface area contributed by atoms with Gasteiger partial charge in [-0.25, -0.2) is 0 Å². The molecule has 0 aliphatic carbocycles. The smallest absolute Gasteiger partial charge is 0.288 e. The molecule has 82 valence electrons. The van der Waals surface area contributed by atoms with Gasteiger partial charge in [-0.1, -0.05) is 16.7 Å². The lowest BCUT2D eigenvalue weighted by molar-refractivity contribution is -0.384. The second-order valence-corrected chi connectivity index (χ2v) is 3.14. The third-order valence-corrected chi connectivity index (χ3v) is 2.06. The van der Waals surface area contributed by atoms with Crippen LogP contribution in [0.1, 0.15) is 10.4 Å². The van der Waals surface area contributed by atoms with Crippen molar-refractivity contribution in [3.05, 3.63) is 49.3 Å². The van der Waals surface area contributed by atoms with Crippen LogP contribution in [0.4, 0.5) is 5.69 Å². The zero-order valence-corrected chi connectivity index (χ0v) is 8.59. The Bertz CT molecular complexity index is 496. The van der Waals surface area contributed by atoms with Gasteiger partial charge in [0, 0.05) is 16.5 Å². The number of nitro benzene ring substituents is 1. The third-order valence-electron chi connectivity index (χ3n) is 1.74. The fourth-order valence-corrected chi connectivity index (χ4v) is 1.20. The Labute approximate surface area is 94.4 Å². The topological polar surface area (TPSA) is 109 Å². The van der Waals surface area contributed by atoms with Crippen molar-refractivity contribution in [1.29, 1.82) is 0 Å². The number of azide groups is 1. The lowest BCUT2D eigenvalue weighted by Crippen LogP contribution is -2.03. The van der Waals surface area contributed by atoms with Crippen LogP contribution in [0.25, 0.3) is 10.4 Å². The minimum atomic E-state index is -0.688. The summed E-state index contributed by atoms with van der Waals surface area (Å²) < 4.78 is 0. The maximum Gasteiger partial charge on any atom is 0.288 e. The number of rotatable bonds is 4. The molecule has 16 heavy (non-hydrogen) atoms. The van der Waals surface area contributed by atoms with Crippen LogP contribution in [-0.2, 0) is 0 Å². The van der Waals surface area contributed by atoms with Gasteiger partial charge in [0.1, 0.15) is 5.02 Å². The number of nitrogens with zero attached hydrogens (tertiary/aromatic N) is 4. The molecule has 0 aromatic heterocycles. The number of hydrogen-bond donors (Lipinski definition) is 0. The van der Waals surface area contributed by atoms with Crippen LogP contribution in [-0.4, -0.2) is 17.3 Å². The standard InChI is InChI=1S/C8H5ClN4O3/c9-6-2-1-5(3-7(6)13(15)16)8(14)4-11-12-10/h1-3H,4H2. The Hall–Kier alpha value is -2.11. The van der Waals surface area contributed by atoms with E-state index in [4.69, 9.17) is 17.1 Å². The van der Waals surface area contributed by atoms with Gasteiger partial charge in [0.15, 0.2) is 5.78 Å². The predicted octanol–water partition coefficient (Wildman–Crippen LogP) is 2.74. The average Bonchev–Trinajstić information content (AvgIpc) is 2.26. The molecule has 0 saturated carbocycles. The molecule has 8 heteroatoms. The Morgan fingerprint density at radius 3 is 2.88 bits per heavy atom. The van der Waals surface area contributed by atoms with Crippen LogP contribution in [0.5, 0.6) is 0 Å². The van der Waals surface area contributed by atoms with E-state index in [0.29, 0.717) is 0 Å². The van der Waals surface area contributed by atoms with Crippen molar-refractivity contribution in [2.24, 2.45) is 5.11 Å². The molecule has 1 aromatic rings. The lowest BCUT2D eigenvalue weighted by Gasteiger charge is -1.99. The molecule has 1 rings (SSSR count). The van der Waals surface area contributed by atoms with Crippen LogP contribution >= 0.6 is 11.6 Å². The first-order chi connectivity index (χ1) is 7.56. The highest BCUT2D eigenvalue weighted by Gasteiger charge is 2.15. The van der Waals surface area contributed by atoms with Crippen LogP contribution in [0, 0.1) is 10.1 Å². The molecule has 7 nitrogen and oxygen atoms in total. The summed E-state index contributed by atoms with van der Waals surface area (Å²) in [5.41, 5.74) is 7.76. The van der Waals surface area contributed by atoms with Gasteiger partial charge in [0.2, 0.25) is 0 Å². The number of nitro groups is 1. The molecule has 0 bridgehead atoms. The van der Waals surface area contributed by atoms with Gasteiger partial charge in [-0.3, -0.25) is 14.9 Å². The second kappa shape index (κ2) is 5.11. The Balaban J connectivity index is 3.07. The zero-order chi connectivity index (χ0) is 12.1. The second-order valence-electron chi connectivity index (χ2n) is 2.74. The predicted molar refractivity (Wildman–Crippen MR) is 56.4 cm³/mol. The van der Waals surface area contributed by atoms with Gasteiger partial charge in [-0.05, 0) is 17.7 Å². The highest BCUT2D eigenvalue weighted by atomic mass is 35.5. The summed E-state index contributed by atoms with van der Waals surface area (Å²) in [7, 11) is 0. The zero-order valence-electron chi connectivity index (χ0n) is 7.83. The molecule has 0 radical (unpaired) electrons. The van der Waals surface area contributed by atoms with Crippen LogP contribution in [0.3, 0.4) is 0 Å². The van der Waals surface area contributed by atoms with E-state index in [1.54, 1.807) is 0 Å². The summed E-state index contributed by atoms with van der Waals surface area (Å²) in [6, 6.07) is 3.64. The van der Waals surface area contributed by atoms with Crippen molar-refractivity contribution in [2.75, 3.05) is 6.54 Å². The maximum absolute atomic E-state index is 11.4. The molecule has 0 amide bonds. The fourth-order valence-electron chi connectivity index (χ4n) is 1.01. The Morgan fingerprint density at radius 2 is 2.31 bits per heavy atom. The number of benzene rings is 1. The summed E-state index contributed by atoms with van der Waals surface area (Å²) >= 11 is 5.57. The van der Waals surface area contributed by atoms with Gasteiger partial charge in [0.05, 0.1) is 11.5 Å². The van der Waals surface area contributed by atoms with Crippen molar-refractivity contribution in [1.82, 2.24) is 0 Å². The first-order valence-electron chi connectivity index (χ1n) is 4.04. The first-order valence-corrected chi connectivity index (χ1v) is 4.42. The van der Waals surface area contributed by atoms with Gasteiger partial charge < -0.3 is 0 Å². The summed E-state index contributed by atoms with van der Waals surface area (Å²) in [4.78, 5) is 23.6. The molecular formula is C8H5ClN4O3. The largest absolute Gasteiger partial charge is 0.294 e. The van der Waals surface area contributed by atoms with E-state index >= 15 is 0 Å². The summed E-state index contributed by atoms with van der Waals surface area (Å²) in [5, 5.41) is 13.6. The van der Waals surface area contributed by atoms with Crippen molar-refractivity contribution in [3.8, 4) is 0 Å². The van der Waals surface area contributed by atoms with Gasteiger partial charge in [0.25, 0.3) is 5.69 Å². The molecule has 0 unspecified atom stereocenters. The highest BCUT2D eigenvalue weighted by molar-refractivity contribution is 6.32. The quantitative estimate of drug-likeness (QED) is 0.201. The maximum atomic E-state index is 11.4. The summed E-state index contributed by atoms with van der Waals surface area (Å²) in [6.45, 7) is -0.380. The van der Waals surface area contributed by atoms with Crippen molar-refractivity contribution in [2.45, 2.75) is 0 Å². The fraction of sp³-hybridized carbons (Fsp3) is 0.125. The van der Waals surface area contributed by atoms with Gasteiger partial charge in [-0.2, -0.15) is 0 Å². The van der Waals surface area contributed by atoms with E-state index in [-0.39, 0.29) is 22.8 Å². The minimum absolute atomic E-state index is 0.0506. The molecule has 0 spiro atoms. The van der Waals surface area contributed by atoms with Crippen molar-refractivity contribution in [3.63, 3.8) is 0 Å². The van der Waals surface area contributed by atoms with Gasteiger partial charge >= 0.3 is 0 Å². The molecular weight excluding hydrogens is 236 g/mol. The number of Topliss-reactive ketones (excluding diaryl/α,β-unsaturated/α-hetero) is 1. The number of carbonyl (C=O) groups is 1. The van der Waals surface area contributed by atoms with Crippen molar-refractivity contribution < 1.29 is 9.72 Å². The van der Waals surface area contributed by atoms with Crippen molar-refractivity contribution >= 4 is 23.1 Å². The van der Waals surface area contributed by atoms with E-state index in [2.05, 4.69) is 10.0 Å². The van der Waals surface area contributed by atoms with E-state index in [1.165, 1.54) is 12.1 Å². The summed E-state index contributed by atoms with van der Waals surface area (Å²) in [5.74, 6) is -0.502. The number of hydrogen-bond acceptors (Lipinski definition) is 4. The Kier molecular flexibility index (Phi) is 3.82. The first kappa shape index (κ1) is 12.0. The molecule has 0 heterocycles. The van der Waals surface area contributed by atoms with E-state index in [1.807, 2.05) is 0 Å². The normalized spacial score (nSPS) is 9.31. The molecule has 0 N–H and O–H groups in total. The number of carbonyl (C=O) groups excluding carboxylic acids is 1. The molecule has 1 aromatic carbocycles. The molecule has 0 aliphatic rings. The minimum Gasteiger partial charge on any atom is -0.294 e. The molecule has 0 atom stereocenters.